The third kappa shape index (κ3) is 9.26. The Labute approximate surface area is 222 Å². The van der Waals surface area contributed by atoms with Crippen LogP contribution in [0, 0.1) is 5.41 Å². The van der Waals surface area contributed by atoms with Crippen LogP contribution in [-0.4, -0.2) is 55.7 Å². The molecule has 0 saturated carbocycles. The molecule has 1 N–H and O–H groups in total. The molecule has 0 fully saturated rings. The summed E-state index contributed by atoms with van der Waals surface area (Å²) in [6.45, 7) is 11.6. The van der Waals surface area contributed by atoms with Gasteiger partial charge in [0.2, 0.25) is 5.90 Å². The van der Waals surface area contributed by atoms with Crippen LogP contribution in [-0.2, 0) is 4.74 Å². The van der Waals surface area contributed by atoms with Crippen molar-refractivity contribution >= 4 is 24.2 Å². The Morgan fingerprint density at radius 2 is 1.44 bits per heavy atom. The average Bonchev–Trinajstić information content (AvgIpc) is 2.83. The van der Waals surface area contributed by atoms with Gasteiger partial charge in [0.05, 0.1) is 32.5 Å². The standard InChI is InChI=1S/C28H40N2O5.ClH/c1-7-33-27(29)22-11-13-23(14-12-22)34-17-9-8-10-18-35-24-15-16-25(26(19-24)32-6)28(31)30(20(2)3)21(4)5;/h11-16,19-21,29H,7-10,17-18H2,1-6H3;1H. The lowest BCUT2D eigenvalue weighted by molar-refractivity contribution is 0.0640. The zero-order chi connectivity index (χ0) is 25.8. The Hall–Kier alpha value is -2.93. The van der Waals surface area contributed by atoms with E-state index in [4.69, 9.17) is 24.4 Å². The Balaban J connectivity index is 0.00000648. The van der Waals surface area contributed by atoms with Gasteiger partial charge in [0.1, 0.15) is 17.2 Å². The first-order chi connectivity index (χ1) is 16.8. The highest BCUT2D eigenvalue weighted by molar-refractivity contribution is 5.97. The second kappa shape index (κ2) is 15.9. The number of nitrogens with zero attached hydrogens (tertiary/aromatic N) is 1. The minimum absolute atomic E-state index is 0. The highest BCUT2D eigenvalue weighted by Gasteiger charge is 2.24. The fraction of sp³-hybridized carbons (Fsp3) is 0.500. The first-order valence-electron chi connectivity index (χ1n) is 12.4. The van der Waals surface area contributed by atoms with Gasteiger partial charge < -0.3 is 23.8 Å². The second-order valence-corrected chi connectivity index (χ2v) is 8.81. The van der Waals surface area contributed by atoms with Crippen LogP contribution in [0.15, 0.2) is 42.5 Å². The molecule has 0 aromatic heterocycles. The van der Waals surface area contributed by atoms with Crippen LogP contribution in [0.3, 0.4) is 0 Å². The van der Waals surface area contributed by atoms with Crippen molar-refractivity contribution in [2.45, 2.75) is 66.0 Å². The second-order valence-electron chi connectivity index (χ2n) is 8.81. The molecule has 0 atom stereocenters. The molecule has 7 nitrogen and oxygen atoms in total. The van der Waals surface area contributed by atoms with E-state index in [2.05, 4.69) is 0 Å². The van der Waals surface area contributed by atoms with Crippen LogP contribution in [0.2, 0.25) is 0 Å². The number of unbranched alkanes of at least 4 members (excludes halogenated alkanes) is 2. The van der Waals surface area contributed by atoms with Crippen LogP contribution in [0.5, 0.6) is 17.2 Å². The van der Waals surface area contributed by atoms with E-state index < -0.39 is 0 Å². The highest BCUT2D eigenvalue weighted by Crippen LogP contribution is 2.27. The molecular formula is C28H41ClN2O5. The van der Waals surface area contributed by atoms with Crippen molar-refractivity contribution < 1.29 is 23.7 Å². The largest absolute Gasteiger partial charge is 0.496 e. The summed E-state index contributed by atoms with van der Waals surface area (Å²) in [5.74, 6) is 2.12. The van der Waals surface area contributed by atoms with Crippen LogP contribution >= 0.6 is 12.4 Å². The molecule has 2 aromatic rings. The summed E-state index contributed by atoms with van der Waals surface area (Å²) in [5, 5.41) is 7.80. The number of nitrogens with one attached hydrogen (secondary N) is 1. The van der Waals surface area contributed by atoms with E-state index >= 15 is 0 Å². The normalized spacial score (nSPS) is 10.6. The lowest BCUT2D eigenvalue weighted by Crippen LogP contribution is -2.42. The van der Waals surface area contributed by atoms with Gasteiger partial charge in [-0.2, -0.15) is 0 Å². The van der Waals surface area contributed by atoms with Crippen molar-refractivity contribution in [3.05, 3.63) is 53.6 Å². The van der Waals surface area contributed by atoms with E-state index in [1.54, 1.807) is 19.2 Å². The summed E-state index contributed by atoms with van der Waals surface area (Å²) < 4.78 is 22.3. The van der Waals surface area contributed by atoms with Crippen molar-refractivity contribution in [2.75, 3.05) is 26.9 Å². The molecule has 200 valence electrons. The Morgan fingerprint density at radius 3 is 1.97 bits per heavy atom. The highest BCUT2D eigenvalue weighted by atomic mass is 35.5. The Bertz CT molecular complexity index is 939. The topological polar surface area (TPSA) is 81.1 Å². The number of hydrogen-bond acceptors (Lipinski definition) is 6. The molecule has 0 bridgehead atoms. The Morgan fingerprint density at radius 1 is 0.889 bits per heavy atom. The zero-order valence-corrected chi connectivity index (χ0v) is 23.2. The van der Waals surface area contributed by atoms with E-state index in [1.807, 2.05) is 69.9 Å². The number of halogens is 1. The van der Waals surface area contributed by atoms with E-state index in [9.17, 15) is 4.79 Å². The predicted molar refractivity (Wildman–Crippen MR) is 146 cm³/mol. The first-order valence-corrected chi connectivity index (χ1v) is 12.4. The van der Waals surface area contributed by atoms with Gasteiger partial charge in [-0.05, 0) is 90.3 Å². The number of benzene rings is 2. The third-order valence-corrected chi connectivity index (χ3v) is 5.48. The summed E-state index contributed by atoms with van der Waals surface area (Å²) in [4.78, 5) is 14.9. The number of methoxy groups -OCH3 is 1. The number of carbonyl (C=O) groups excluding carboxylic acids is 1. The van der Waals surface area contributed by atoms with Crippen molar-refractivity contribution in [1.29, 1.82) is 5.41 Å². The number of carbonyl (C=O) groups is 1. The number of hydrogen-bond donors (Lipinski definition) is 1. The molecule has 36 heavy (non-hydrogen) atoms. The van der Waals surface area contributed by atoms with Crippen molar-refractivity contribution in [3.8, 4) is 17.2 Å². The maximum Gasteiger partial charge on any atom is 0.258 e. The molecular weight excluding hydrogens is 480 g/mol. The smallest absolute Gasteiger partial charge is 0.258 e. The molecule has 2 rings (SSSR count). The quantitative estimate of drug-likeness (QED) is 0.178. The maximum absolute atomic E-state index is 13.0. The van der Waals surface area contributed by atoms with Crippen molar-refractivity contribution in [1.82, 2.24) is 4.90 Å². The van der Waals surface area contributed by atoms with Gasteiger partial charge in [0.15, 0.2) is 0 Å². The molecule has 2 aromatic carbocycles. The fourth-order valence-electron chi connectivity index (χ4n) is 3.83. The minimum Gasteiger partial charge on any atom is -0.496 e. The van der Waals surface area contributed by atoms with Crippen LogP contribution in [0.4, 0.5) is 0 Å². The molecule has 0 spiro atoms. The zero-order valence-electron chi connectivity index (χ0n) is 22.3. The van der Waals surface area contributed by atoms with E-state index in [1.165, 1.54) is 0 Å². The van der Waals surface area contributed by atoms with Crippen molar-refractivity contribution in [2.24, 2.45) is 0 Å². The molecule has 1 amide bonds. The minimum atomic E-state index is -0.0411. The maximum atomic E-state index is 13.0. The number of ether oxygens (including phenoxy) is 4. The number of rotatable bonds is 14. The van der Waals surface area contributed by atoms with Crippen molar-refractivity contribution in [3.63, 3.8) is 0 Å². The Kier molecular flexibility index (Phi) is 13.8. The molecule has 0 aliphatic carbocycles. The average molecular weight is 521 g/mol. The van der Waals surface area contributed by atoms with Gasteiger partial charge in [-0.3, -0.25) is 10.2 Å². The third-order valence-electron chi connectivity index (χ3n) is 5.48. The van der Waals surface area contributed by atoms with Gasteiger partial charge in [-0.25, -0.2) is 0 Å². The van der Waals surface area contributed by atoms with Gasteiger partial charge >= 0.3 is 0 Å². The van der Waals surface area contributed by atoms with Gasteiger partial charge in [-0.1, -0.05) is 0 Å². The summed E-state index contributed by atoms with van der Waals surface area (Å²) in [5.41, 5.74) is 1.28. The van der Waals surface area contributed by atoms with E-state index in [0.717, 1.165) is 30.6 Å². The molecule has 0 radical (unpaired) electrons. The van der Waals surface area contributed by atoms with Gasteiger partial charge in [0.25, 0.3) is 5.91 Å². The van der Waals surface area contributed by atoms with Crippen LogP contribution in [0.1, 0.15) is 69.8 Å². The summed E-state index contributed by atoms with van der Waals surface area (Å²) in [7, 11) is 1.57. The first kappa shape index (κ1) is 31.1. The number of amides is 1. The van der Waals surface area contributed by atoms with Crippen LogP contribution < -0.4 is 14.2 Å². The predicted octanol–water partition coefficient (Wildman–Crippen LogP) is 6.37. The molecule has 0 saturated heterocycles. The summed E-state index contributed by atoms with van der Waals surface area (Å²) in [6.07, 6.45) is 2.78. The lowest BCUT2D eigenvalue weighted by Gasteiger charge is -2.31. The molecule has 0 heterocycles. The lowest BCUT2D eigenvalue weighted by atomic mass is 10.1. The summed E-state index contributed by atoms with van der Waals surface area (Å²) in [6, 6.07) is 13.0. The van der Waals surface area contributed by atoms with Crippen LogP contribution in [0.25, 0.3) is 0 Å². The monoisotopic (exact) mass is 520 g/mol. The van der Waals surface area contributed by atoms with E-state index in [0.29, 0.717) is 36.9 Å². The molecule has 0 aliphatic rings. The van der Waals surface area contributed by atoms with Gasteiger partial charge in [-0.15, -0.1) is 12.4 Å². The molecule has 8 heteroatoms. The van der Waals surface area contributed by atoms with Gasteiger partial charge in [0, 0.05) is 23.7 Å². The van der Waals surface area contributed by atoms with E-state index in [-0.39, 0.29) is 36.3 Å². The summed E-state index contributed by atoms with van der Waals surface area (Å²) >= 11 is 0. The fourth-order valence-corrected chi connectivity index (χ4v) is 3.83. The molecule has 0 aliphatic heterocycles. The SMILES string of the molecule is CCOC(=N)c1ccc(OCCCCCOc2ccc(C(=O)N(C(C)C)C(C)C)c(OC)c2)cc1.Cl. The molecule has 0 unspecified atom stereocenters.